The van der Waals surface area contributed by atoms with Crippen molar-refractivity contribution in [1.29, 1.82) is 0 Å². The number of fused-ring (bicyclic) bond motifs is 6. The van der Waals surface area contributed by atoms with Crippen molar-refractivity contribution >= 4 is 40.1 Å². The normalized spacial score (nSPS) is 20.7. The standard InChI is InChI=1S/C52H39N3S/c1-3-13-34(14-4-1)36-25-27-37(28-26-36)52-53-45(39-18-11-17-38(31-39)35-15-5-2-6-16-35)33-46(54-52)40-29-30-42-41-19-7-9-22-47(41)55(49(42)32-40)48-23-12-21-44-43-20-8-10-24-50(43)56-51(44)48/h1-31,33,40,44,51-52,54H,32H2. The molecule has 0 spiro atoms. The summed E-state index contributed by atoms with van der Waals surface area (Å²) in [5.41, 5.74) is 16.0. The molecular formula is C52H39N3S. The predicted molar refractivity (Wildman–Crippen MR) is 235 cm³/mol. The third-order valence-electron chi connectivity index (χ3n) is 11.8. The van der Waals surface area contributed by atoms with E-state index in [4.69, 9.17) is 4.99 Å². The van der Waals surface area contributed by atoms with Crippen LogP contribution in [0.25, 0.3) is 44.9 Å². The van der Waals surface area contributed by atoms with Gasteiger partial charge in [-0.3, -0.25) is 4.99 Å². The van der Waals surface area contributed by atoms with E-state index in [1.807, 2.05) is 11.8 Å². The number of nitrogens with one attached hydrogen (secondary N) is 1. The Balaban J connectivity index is 0.988. The van der Waals surface area contributed by atoms with E-state index in [2.05, 4.69) is 204 Å². The van der Waals surface area contributed by atoms with Gasteiger partial charge in [-0.05, 0) is 63.7 Å². The maximum Gasteiger partial charge on any atom is 0.145 e. The molecule has 0 fully saturated rings. The lowest BCUT2D eigenvalue weighted by Gasteiger charge is -2.31. The van der Waals surface area contributed by atoms with Crippen LogP contribution in [0.2, 0.25) is 0 Å². The summed E-state index contributed by atoms with van der Waals surface area (Å²) in [7, 11) is 0. The van der Waals surface area contributed by atoms with Crippen LogP contribution < -0.4 is 5.32 Å². The fourth-order valence-corrected chi connectivity index (χ4v) is 10.5. The maximum atomic E-state index is 5.41. The predicted octanol–water partition coefficient (Wildman–Crippen LogP) is 12.5. The van der Waals surface area contributed by atoms with Crippen LogP contribution in [0.5, 0.6) is 0 Å². The van der Waals surface area contributed by atoms with Crippen molar-refractivity contribution in [2.24, 2.45) is 10.9 Å². The summed E-state index contributed by atoms with van der Waals surface area (Å²) in [6, 6.07) is 56.8. The molecule has 7 aromatic rings. The molecule has 1 aromatic heterocycles. The zero-order chi connectivity index (χ0) is 37.0. The second-order valence-electron chi connectivity index (χ2n) is 15.1. The van der Waals surface area contributed by atoms with Crippen molar-refractivity contribution < 1.29 is 0 Å². The van der Waals surface area contributed by atoms with Gasteiger partial charge in [0.2, 0.25) is 0 Å². The van der Waals surface area contributed by atoms with E-state index in [1.54, 1.807) is 0 Å². The SMILES string of the molecule is C1=CC2c3ccccc3SC2C(n2c3c(c4ccccc42)C=CC(C2=CC(c4cccc(-c5ccccc5)c4)=NC(c4ccc(-c5ccccc5)cc4)N2)C3)=C1. The van der Waals surface area contributed by atoms with Crippen LogP contribution in [0.3, 0.4) is 0 Å². The molecule has 11 rings (SSSR count). The van der Waals surface area contributed by atoms with Gasteiger partial charge in [0.05, 0.1) is 16.5 Å². The first-order valence-electron chi connectivity index (χ1n) is 19.6. The van der Waals surface area contributed by atoms with Gasteiger partial charge in [0.1, 0.15) is 6.17 Å². The number of aromatic nitrogens is 1. The highest BCUT2D eigenvalue weighted by atomic mass is 32.2. The lowest BCUT2D eigenvalue weighted by Crippen LogP contribution is -2.31. The fourth-order valence-electron chi connectivity index (χ4n) is 9.02. The molecule has 0 saturated heterocycles. The molecule has 3 heterocycles. The topological polar surface area (TPSA) is 29.3 Å². The molecule has 268 valence electrons. The largest absolute Gasteiger partial charge is 0.363 e. The van der Waals surface area contributed by atoms with Crippen molar-refractivity contribution in [3.05, 3.63) is 222 Å². The molecule has 6 aromatic carbocycles. The van der Waals surface area contributed by atoms with Crippen molar-refractivity contribution in [2.75, 3.05) is 0 Å². The summed E-state index contributed by atoms with van der Waals surface area (Å²) in [5.74, 6) is 0.508. The molecule has 0 radical (unpaired) electrons. The lowest BCUT2D eigenvalue weighted by molar-refractivity contribution is 0.551. The molecule has 2 aliphatic carbocycles. The van der Waals surface area contributed by atoms with E-state index in [9.17, 15) is 0 Å². The first-order valence-corrected chi connectivity index (χ1v) is 20.5. The van der Waals surface area contributed by atoms with Crippen molar-refractivity contribution in [1.82, 2.24) is 9.88 Å². The minimum absolute atomic E-state index is 0.142. The van der Waals surface area contributed by atoms with E-state index < -0.39 is 0 Å². The summed E-state index contributed by atoms with van der Waals surface area (Å²) in [6.07, 6.45) is 14.8. The number of hydrogen-bond donors (Lipinski definition) is 1. The summed E-state index contributed by atoms with van der Waals surface area (Å²) in [4.78, 5) is 6.81. The Hall–Kier alpha value is -6.36. The van der Waals surface area contributed by atoms with Gasteiger partial charge in [0.15, 0.2) is 0 Å². The first kappa shape index (κ1) is 33.0. The van der Waals surface area contributed by atoms with Crippen molar-refractivity contribution in [2.45, 2.75) is 28.6 Å². The number of thioether (sulfide) groups is 1. The molecule has 0 saturated carbocycles. The Morgan fingerprint density at radius 3 is 2.18 bits per heavy atom. The highest BCUT2D eigenvalue weighted by Crippen LogP contribution is 2.53. The Morgan fingerprint density at radius 2 is 1.34 bits per heavy atom. The average Bonchev–Trinajstić information content (AvgIpc) is 3.83. The monoisotopic (exact) mass is 737 g/mol. The van der Waals surface area contributed by atoms with Crippen LogP contribution >= 0.6 is 11.8 Å². The molecule has 4 heteroatoms. The number of allylic oxidation sites excluding steroid dienone is 5. The molecule has 0 bridgehead atoms. The molecule has 2 aliphatic heterocycles. The molecule has 3 nitrogen and oxygen atoms in total. The van der Waals surface area contributed by atoms with Gasteiger partial charge >= 0.3 is 0 Å². The minimum Gasteiger partial charge on any atom is -0.363 e. The van der Waals surface area contributed by atoms with E-state index in [0.717, 1.165) is 23.3 Å². The van der Waals surface area contributed by atoms with Crippen molar-refractivity contribution in [3.8, 4) is 22.3 Å². The Morgan fingerprint density at radius 1 is 0.643 bits per heavy atom. The Bertz CT molecular complexity index is 2790. The smallest absolute Gasteiger partial charge is 0.145 e. The highest BCUT2D eigenvalue weighted by molar-refractivity contribution is 8.00. The second kappa shape index (κ2) is 13.7. The molecule has 56 heavy (non-hydrogen) atoms. The summed E-state index contributed by atoms with van der Waals surface area (Å²) in [6.45, 7) is 0. The molecule has 4 aliphatic rings. The quantitative estimate of drug-likeness (QED) is 0.184. The van der Waals surface area contributed by atoms with Gasteiger partial charge in [0.25, 0.3) is 0 Å². The van der Waals surface area contributed by atoms with Crippen LogP contribution in [-0.4, -0.2) is 15.5 Å². The third-order valence-corrected chi connectivity index (χ3v) is 13.2. The number of aliphatic imine (C=N–C) groups is 1. The van der Waals surface area contributed by atoms with E-state index >= 15 is 0 Å². The van der Waals surface area contributed by atoms with Gasteiger partial charge in [-0.15, -0.1) is 11.8 Å². The van der Waals surface area contributed by atoms with Gasteiger partial charge in [-0.2, -0.15) is 0 Å². The van der Waals surface area contributed by atoms with Gasteiger partial charge in [-0.25, -0.2) is 0 Å². The third kappa shape index (κ3) is 5.72. The van der Waals surface area contributed by atoms with Crippen LogP contribution in [0.4, 0.5) is 0 Å². The van der Waals surface area contributed by atoms with E-state index in [1.165, 1.54) is 66.3 Å². The summed E-state index contributed by atoms with van der Waals surface area (Å²) >= 11 is 2.01. The number of benzene rings is 6. The van der Waals surface area contributed by atoms with Crippen LogP contribution in [0.1, 0.15) is 40.0 Å². The zero-order valence-corrected chi connectivity index (χ0v) is 31.6. The maximum absolute atomic E-state index is 5.41. The molecular weight excluding hydrogens is 699 g/mol. The Kier molecular flexibility index (Phi) is 8.10. The van der Waals surface area contributed by atoms with Crippen LogP contribution in [-0.2, 0) is 6.42 Å². The van der Waals surface area contributed by atoms with E-state index in [-0.39, 0.29) is 12.1 Å². The van der Waals surface area contributed by atoms with Gasteiger partial charge < -0.3 is 9.88 Å². The summed E-state index contributed by atoms with van der Waals surface area (Å²) < 4.78 is 2.60. The summed E-state index contributed by atoms with van der Waals surface area (Å²) in [5, 5.41) is 5.58. The first-order chi connectivity index (χ1) is 27.7. The molecule has 4 unspecified atom stereocenters. The number of para-hydroxylation sites is 1. The average molecular weight is 738 g/mol. The minimum atomic E-state index is -0.226. The molecule has 0 amide bonds. The van der Waals surface area contributed by atoms with Gasteiger partial charge in [-0.1, -0.05) is 164 Å². The molecule has 1 N–H and O–H groups in total. The second-order valence-corrected chi connectivity index (χ2v) is 16.2. The number of hydrogen-bond acceptors (Lipinski definition) is 3. The van der Waals surface area contributed by atoms with Gasteiger partial charge in [0, 0.05) is 56.8 Å². The van der Waals surface area contributed by atoms with E-state index in [0.29, 0.717) is 11.2 Å². The fraction of sp³-hybridized carbons (Fsp3) is 0.0962. The van der Waals surface area contributed by atoms with Crippen molar-refractivity contribution in [3.63, 3.8) is 0 Å². The number of rotatable bonds is 6. The van der Waals surface area contributed by atoms with Crippen LogP contribution in [0.15, 0.2) is 204 Å². The molecule has 4 atom stereocenters. The zero-order valence-electron chi connectivity index (χ0n) is 30.8. The lowest BCUT2D eigenvalue weighted by atomic mass is 9.88. The highest BCUT2D eigenvalue weighted by Gasteiger charge is 2.38. The Labute approximate surface area is 332 Å². The van der Waals surface area contributed by atoms with Crippen LogP contribution in [0, 0.1) is 5.92 Å². The number of nitrogens with zero attached hydrogens (tertiary/aromatic N) is 2.